The van der Waals surface area contributed by atoms with Crippen molar-refractivity contribution in [2.24, 2.45) is 7.05 Å². The fourth-order valence-corrected chi connectivity index (χ4v) is 4.67. The molecule has 9 heteroatoms. The molecule has 0 N–H and O–H groups in total. The second kappa shape index (κ2) is 6.17. The predicted octanol–water partition coefficient (Wildman–Crippen LogP) is 4.05. The minimum Gasteiger partial charge on any atom is -0.491 e. The Kier molecular flexibility index (Phi) is 4.07. The maximum absolute atomic E-state index is 14.4. The molecule has 4 rings (SSSR count). The Morgan fingerprint density at radius 1 is 1.35 bits per heavy atom. The molecular weight excluding hydrogens is 428 g/mol. The number of benzene rings is 1. The zero-order chi connectivity index (χ0) is 18.6. The van der Waals surface area contributed by atoms with Crippen molar-refractivity contribution in [1.29, 1.82) is 0 Å². The van der Waals surface area contributed by atoms with Gasteiger partial charge in [-0.05, 0) is 28.1 Å². The van der Waals surface area contributed by atoms with Crippen LogP contribution in [0.15, 0.2) is 33.0 Å². The maximum Gasteiger partial charge on any atom is 0.291 e. The van der Waals surface area contributed by atoms with Gasteiger partial charge in [-0.25, -0.2) is 13.5 Å². The minimum absolute atomic E-state index is 0.121. The summed E-state index contributed by atoms with van der Waals surface area (Å²) in [6.45, 7) is -0.125. The van der Waals surface area contributed by atoms with Gasteiger partial charge in [0.2, 0.25) is 0 Å². The highest BCUT2D eigenvalue weighted by atomic mass is 79.9. The summed E-state index contributed by atoms with van der Waals surface area (Å²) in [5.41, 5.74) is 1.19. The lowest BCUT2D eigenvalue weighted by Gasteiger charge is -2.10. The van der Waals surface area contributed by atoms with Crippen molar-refractivity contribution in [2.45, 2.75) is 6.54 Å². The quantitative estimate of drug-likeness (QED) is 0.483. The van der Waals surface area contributed by atoms with Crippen molar-refractivity contribution in [1.82, 2.24) is 14.3 Å². The van der Waals surface area contributed by atoms with E-state index in [0.717, 1.165) is 30.1 Å². The summed E-state index contributed by atoms with van der Waals surface area (Å²) in [5.74, 6) is -2.10. The fourth-order valence-electron chi connectivity index (χ4n) is 3.04. The molecule has 1 aromatic carbocycles. The maximum atomic E-state index is 14.4. The average Bonchev–Trinajstić information content (AvgIpc) is 3.10. The van der Waals surface area contributed by atoms with Crippen molar-refractivity contribution < 1.29 is 13.5 Å². The number of thiophene rings is 1. The molecule has 3 heterocycles. The van der Waals surface area contributed by atoms with Gasteiger partial charge in [-0.15, -0.1) is 11.3 Å². The number of halogens is 3. The fraction of sp³-hybridized carbons (Fsp3) is 0.176. The van der Waals surface area contributed by atoms with E-state index >= 15 is 0 Å². The molecule has 26 heavy (non-hydrogen) atoms. The first-order valence-corrected chi connectivity index (χ1v) is 9.17. The van der Waals surface area contributed by atoms with Crippen LogP contribution in [0.1, 0.15) is 5.56 Å². The summed E-state index contributed by atoms with van der Waals surface area (Å²) in [7, 11) is 2.99. The Labute approximate surface area is 158 Å². The summed E-state index contributed by atoms with van der Waals surface area (Å²) >= 11 is 4.97. The number of rotatable bonds is 3. The number of fused-ring (bicyclic) bond motifs is 3. The van der Waals surface area contributed by atoms with Crippen LogP contribution >= 0.6 is 27.3 Å². The summed E-state index contributed by atoms with van der Waals surface area (Å²) < 4.78 is 37.6. The van der Waals surface area contributed by atoms with Gasteiger partial charge in [-0.3, -0.25) is 4.79 Å². The van der Waals surface area contributed by atoms with E-state index in [1.165, 1.54) is 24.5 Å². The van der Waals surface area contributed by atoms with Crippen molar-refractivity contribution in [2.75, 3.05) is 7.11 Å². The van der Waals surface area contributed by atoms with Gasteiger partial charge in [0.05, 0.1) is 33.9 Å². The second-order valence-corrected chi connectivity index (χ2v) is 8.18. The predicted molar refractivity (Wildman–Crippen MR) is 100 cm³/mol. The molecule has 0 aliphatic carbocycles. The summed E-state index contributed by atoms with van der Waals surface area (Å²) in [6.07, 6.45) is 1.60. The van der Waals surface area contributed by atoms with E-state index in [4.69, 9.17) is 4.74 Å². The molecular formula is C17H12BrF2N3O2S. The van der Waals surface area contributed by atoms with E-state index in [2.05, 4.69) is 21.0 Å². The molecule has 0 fully saturated rings. The van der Waals surface area contributed by atoms with Crippen LogP contribution in [0.4, 0.5) is 8.78 Å². The lowest BCUT2D eigenvalue weighted by molar-refractivity contribution is 0.356. The number of aryl methyl sites for hydroxylation is 1. The molecule has 0 amide bonds. The molecule has 0 unspecified atom stereocenters. The smallest absolute Gasteiger partial charge is 0.291 e. The Morgan fingerprint density at radius 2 is 2.12 bits per heavy atom. The van der Waals surface area contributed by atoms with E-state index in [1.54, 1.807) is 17.8 Å². The van der Waals surface area contributed by atoms with Gasteiger partial charge >= 0.3 is 0 Å². The number of hydrogen-bond acceptors (Lipinski definition) is 4. The standard InChI is InChI=1S/C17H12BrF2N3O2S/c1-22-11-5-12(18)26-16(11)9-6-21-23(17(24)14(9)22)7-8-3-4-10(19)15(25-2)13(8)20/h3-6H,7H2,1-2H3. The monoisotopic (exact) mass is 439 g/mol. The van der Waals surface area contributed by atoms with Crippen molar-refractivity contribution >= 4 is 48.4 Å². The van der Waals surface area contributed by atoms with Crippen LogP contribution < -0.4 is 10.3 Å². The molecule has 0 atom stereocenters. The molecule has 0 saturated heterocycles. The lowest BCUT2D eigenvalue weighted by Crippen LogP contribution is -2.25. The normalized spacial score (nSPS) is 11.6. The summed E-state index contributed by atoms with van der Waals surface area (Å²) in [5, 5.41) is 4.92. The van der Waals surface area contributed by atoms with Crippen LogP contribution in [0.25, 0.3) is 21.1 Å². The highest BCUT2D eigenvalue weighted by Crippen LogP contribution is 2.35. The van der Waals surface area contributed by atoms with Crippen molar-refractivity contribution in [3.8, 4) is 5.75 Å². The van der Waals surface area contributed by atoms with Crippen LogP contribution in [0.3, 0.4) is 0 Å². The number of ether oxygens (including phenoxy) is 1. The van der Waals surface area contributed by atoms with Gasteiger partial charge in [-0.1, -0.05) is 6.07 Å². The topological polar surface area (TPSA) is 49.0 Å². The molecule has 0 bridgehead atoms. The van der Waals surface area contributed by atoms with Crippen LogP contribution in [0.5, 0.6) is 5.75 Å². The van der Waals surface area contributed by atoms with E-state index in [-0.39, 0.29) is 17.7 Å². The number of nitrogens with zero attached hydrogens (tertiary/aromatic N) is 3. The van der Waals surface area contributed by atoms with Crippen LogP contribution in [0, 0.1) is 11.6 Å². The minimum atomic E-state index is -0.835. The Morgan fingerprint density at radius 3 is 2.85 bits per heavy atom. The van der Waals surface area contributed by atoms with Gasteiger partial charge in [-0.2, -0.15) is 5.10 Å². The third-order valence-corrected chi connectivity index (χ3v) is 5.96. The molecule has 134 valence electrons. The van der Waals surface area contributed by atoms with E-state index in [9.17, 15) is 13.6 Å². The molecule has 0 saturated carbocycles. The highest BCUT2D eigenvalue weighted by Gasteiger charge is 2.19. The van der Waals surface area contributed by atoms with E-state index in [1.807, 2.05) is 6.07 Å². The molecule has 4 aromatic rings. The first-order chi connectivity index (χ1) is 12.4. The van der Waals surface area contributed by atoms with Crippen molar-refractivity contribution in [3.05, 3.63) is 55.7 Å². The molecule has 5 nitrogen and oxygen atoms in total. The molecule has 0 aliphatic heterocycles. The lowest BCUT2D eigenvalue weighted by atomic mass is 10.2. The molecule has 0 aliphatic rings. The Hall–Kier alpha value is -2.26. The van der Waals surface area contributed by atoms with Crippen LogP contribution in [-0.4, -0.2) is 21.5 Å². The van der Waals surface area contributed by atoms with Gasteiger partial charge < -0.3 is 9.30 Å². The Balaban J connectivity index is 1.87. The van der Waals surface area contributed by atoms with E-state index in [0.29, 0.717) is 5.52 Å². The second-order valence-electron chi connectivity index (χ2n) is 5.75. The molecule has 0 radical (unpaired) electrons. The SMILES string of the molecule is COc1c(F)ccc(Cn2ncc3c4sc(Br)cc4n(C)c3c2=O)c1F. The Bertz CT molecular complexity index is 1230. The van der Waals surface area contributed by atoms with Gasteiger partial charge in [0.25, 0.3) is 5.56 Å². The average molecular weight is 440 g/mol. The van der Waals surface area contributed by atoms with Crippen molar-refractivity contribution in [3.63, 3.8) is 0 Å². The zero-order valence-corrected chi connectivity index (χ0v) is 16.1. The number of aromatic nitrogens is 3. The number of hydrogen-bond donors (Lipinski definition) is 0. The first kappa shape index (κ1) is 17.2. The largest absolute Gasteiger partial charge is 0.491 e. The zero-order valence-electron chi connectivity index (χ0n) is 13.7. The van der Waals surface area contributed by atoms with Crippen LogP contribution in [0.2, 0.25) is 0 Å². The van der Waals surface area contributed by atoms with Gasteiger partial charge in [0.1, 0.15) is 5.52 Å². The van der Waals surface area contributed by atoms with E-state index < -0.39 is 17.4 Å². The highest BCUT2D eigenvalue weighted by molar-refractivity contribution is 9.11. The van der Waals surface area contributed by atoms with Gasteiger partial charge in [0.15, 0.2) is 17.4 Å². The third kappa shape index (κ3) is 2.45. The first-order valence-electron chi connectivity index (χ1n) is 7.56. The molecule has 3 aromatic heterocycles. The molecule has 0 spiro atoms. The number of methoxy groups -OCH3 is 1. The van der Waals surface area contributed by atoms with Gasteiger partial charge in [0, 0.05) is 18.0 Å². The third-order valence-electron chi connectivity index (χ3n) is 4.30. The summed E-state index contributed by atoms with van der Waals surface area (Å²) in [4.78, 5) is 12.9. The summed E-state index contributed by atoms with van der Waals surface area (Å²) in [6, 6.07) is 4.33. The van der Waals surface area contributed by atoms with Crippen LogP contribution in [-0.2, 0) is 13.6 Å².